The van der Waals surface area contributed by atoms with Crippen LogP contribution < -0.4 is 4.72 Å². The van der Waals surface area contributed by atoms with Crippen molar-refractivity contribution in [2.24, 2.45) is 0 Å². The zero-order valence-corrected chi connectivity index (χ0v) is 14.6. The van der Waals surface area contributed by atoms with E-state index in [4.69, 9.17) is 0 Å². The van der Waals surface area contributed by atoms with Crippen molar-refractivity contribution in [3.8, 4) is 0 Å². The van der Waals surface area contributed by atoms with E-state index in [1.54, 1.807) is 30.3 Å². The summed E-state index contributed by atoms with van der Waals surface area (Å²) in [4.78, 5) is 0.230. The van der Waals surface area contributed by atoms with Gasteiger partial charge in [0.15, 0.2) is 0 Å². The minimum atomic E-state index is -3.58. The van der Waals surface area contributed by atoms with Gasteiger partial charge in [-0.3, -0.25) is 4.72 Å². The van der Waals surface area contributed by atoms with E-state index in [0.717, 1.165) is 9.13 Å². The van der Waals surface area contributed by atoms with Crippen molar-refractivity contribution in [1.29, 1.82) is 0 Å². The Bertz CT molecular complexity index is 716. The summed E-state index contributed by atoms with van der Waals surface area (Å²) in [5.74, 6) is 0. The molecule has 0 spiro atoms. The smallest absolute Gasteiger partial charge is 0.263 e. The molecule has 0 bridgehead atoms. The van der Waals surface area contributed by atoms with Crippen LogP contribution in [0.3, 0.4) is 0 Å². The summed E-state index contributed by atoms with van der Waals surface area (Å²) >= 11 is 5.45. The van der Waals surface area contributed by atoms with Crippen LogP contribution in [0.2, 0.25) is 0 Å². The molecule has 2 rings (SSSR count). The number of aryl methyl sites for hydroxylation is 1. The third kappa shape index (κ3) is 3.49. The normalized spacial score (nSPS) is 11.3. The number of sulfonamides is 1. The Morgan fingerprint density at radius 1 is 1.16 bits per heavy atom. The van der Waals surface area contributed by atoms with Crippen molar-refractivity contribution in [3.05, 3.63) is 56.1 Å². The first-order valence-corrected chi connectivity index (χ1v) is 8.79. The predicted octanol–water partition coefficient (Wildman–Crippen LogP) is 4.16. The average molecular weight is 452 g/mol. The average Bonchev–Trinajstić information content (AvgIpc) is 2.33. The van der Waals surface area contributed by atoms with Gasteiger partial charge in [-0.25, -0.2) is 8.42 Å². The Labute approximate surface area is 134 Å². The minimum absolute atomic E-state index is 0.230. The highest BCUT2D eigenvalue weighted by Gasteiger charge is 2.17. The molecule has 0 aliphatic rings. The van der Waals surface area contributed by atoms with Crippen molar-refractivity contribution in [1.82, 2.24) is 0 Å². The molecule has 3 nitrogen and oxygen atoms in total. The number of halogens is 2. The molecular weight excluding hydrogens is 441 g/mol. The molecule has 2 aromatic carbocycles. The van der Waals surface area contributed by atoms with E-state index in [9.17, 15) is 8.42 Å². The third-order valence-corrected chi connectivity index (χ3v) is 5.61. The summed E-state index contributed by atoms with van der Waals surface area (Å²) in [5.41, 5.74) is 1.48. The van der Waals surface area contributed by atoms with Gasteiger partial charge in [-0.15, -0.1) is 0 Å². The Morgan fingerprint density at radius 2 is 1.84 bits per heavy atom. The van der Waals surface area contributed by atoms with Crippen molar-refractivity contribution < 1.29 is 8.42 Å². The molecule has 0 aliphatic carbocycles. The van der Waals surface area contributed by atoms with E-state index in [-0.39, 0.29) is 4.90 Å². The van der Waals surface area contributed by atoms with Gasteiger partial charge in [0.1, 0.15) is 4.90 Å². The van der Waals surface area contributed by atoms with Crippen molar-refractivity contribution >= 4 is 54.2 Å². The Morgan fingerprint density at radius 3 is 2.47 bits per heavy atom. The summed E-state index contributed by atoms with van der Waals surface area (Å²) in [6, 6.07) is 12.3. The molecule has 0 unspecified atom stereocenters. The summed E-state index contributed by atoms with van der Waals surface area (Å²) in [6.45, 7) is 1.88. The Hall–Kier alpha value is -0.600. The van der Waals surface area contributed by atoms with Crippen LogP contribution in [0.5, 0.6) is 0 Å². The Kier molecular flexibility index (Phi) is 4.52. The SMILES string of the molecule is Cc1cc(I)ccc1NS(=O)(=O)c1ccccc1Br. The maximum absolute atomic E-state index is 12.3. The number of anilines is 1. The maximum atomic E-state index is 12.3. The molecule has 19 heavy (non-hydrogen) atoms. The fourth-order valence-electron chi connectivity index (χ4n) is 1.60. The van der Waals surface area contributed by atoms with Crippen molar-refractivity contribution in [3.63, 3.8) is 0 Å². The molecular formula is C13H11BrINO2S. The zero-order chi connectivity index (χ0) is 14.0. The highest BCUT2D eigenvalue weighted by Crippen LogP contribution is 2.25. The fraction of sp³-hybridized carbons (Fsp3) is 0.0769. The number of hydrogen-bond donors (Lipinski definition) is 1. The second-order valence-corrected chi connectivity index (χ2v) is 7.75. The summed E-state index contributed by atoms with van der Waals surface area (Å²) < 4.78 is 28.9. The maximum Gasteiger partial charge on any atom is 0.263 e. The third-order valence-electron chi connectivity index (χ3n) is 2.56. The standard InChI is InChI=1S/C13H11BrINO2S/c1-9-8-10(15)6-7-12(9)16-19(17,18)13-5-3-2-4-11(13)14/h2-8,16H,1H3. The first kappa shape index (κ1) is 14.8. The first-order valence-electron chi connectivity index (χ1n) is 5.43. The van der Waals surface area contributed by atoms with E-state index >= 15 is 0 Å². The second kappa shape index (κ2) is 5.80. The van der Waals surface area contributed by atoms with E-state index in [2.05, 4.69) is 43.2 Å². The molecule has 2 aromatic rings. The van der Waals surface area contributed by atoms with Gasteiger partial charge >= 0.3 is 0 Å². The highest BCUT2D eigenvalue weighted by atomic mass is 127. The quantitative estimate of drug-likeness (QED) is 0.712. The lowest BCUT2D eigenvalue weighted by atomic mass is 10.2. The van der Waals surface area contributed by atoms with Crippen LogP contribution in [0.4, 0.5) is 5.69 Å². The van der Waals surface area contributed by atoms with Crippen LogP contribution in [0, 0.1) is 10.5 Å². The lowest BCUT2D eigenvalue weighted by molar-refractivity contribution is 0.600. The lowest BCUT2D eigenvalue weighted by Crippen LogP contribution is -2.14. The van der Waals surface area contributed by atoms with Crippen LogP contribution in [-0.2, 0) is 10.0 Å². The molecule has 0 atom stereocenters. The van der Waals surface area contributed by atoms with Gasteiger partial charge in [0, 0.05) is 8.04 Å². The van der Waals surface area contributed by atoms with Crippen molar-refractivity contribution in [2.45, 2.75) is 11.8 Å². The van der Waals surface area contributed by atoms with E-state index in [1.807, 2.05) is 19.1 Å². The Balaban J connectivity index is 2.40. The van der Waals surface area contributed by atoms with Crippen LogP contribution in [0.1, 0.15) is 5.56 Å². The summed E-state index contributed by atoms with van der Waals surface area (Å²) in [7, 11) is -3.58. The van der Waals surface area contributed by atoms with E-state index < -0.39 is 10.0 Å². The largest absolute Gasteiger partial charge is 0.279 e. The first-order chi connectivity index (χ1) is 8.90. The van der Waals surface area contributed by atoms with Gasteiger partial charge in [-0.1, -0.05) is 12.1 Å². The molecule has 0 saturated heterocycles. The van der Waals surface area contributed by atoms with Crippen molar-refractivity contribution in [2.75, 3.05) is 4.72 Å². The minimum Gasteiger partial charge on any atom is -0.279 e. The zero-order valence-electron chi connectivity index (χ0n) is 10.0. The molecule has 0 saturated carbocycles. The molecule has 1 N–H and O–H groups in total. The second-order valence-electron chi connectivity index (χ2n) is 4.00. The molecule has 0 heterocycles. The van der Waals surface area contributed by atoms with Crippen LogP contribution in [0.25, 0.3) is 0 Å². The molecule has 0 radical (unpaired) electrons. The van der Waals surface area contributed by atoms with Crippen LogP contribution in [-0.4, -0.2) is 8.42 Å². The number of benzene rings is 2. The number of hydrogen-bond acceptors (Lipinski definition) is 2. The number of rotatable bonds is 3. The van der Waals surface area contributed by atoms with Gasteiger partial charge in [0.05, 0.1) is 5.69 Å². The van der Waals surface area contributed by atoms with Gasteiger partial charge in [0.25, 0.3) is 10.0 Å². The lowest BCUT2D eigenvalue weighted by Gasteiger charge is -2.11. The van der Waals surface area contributed by atoms with E-state index in [1.165, 1.54) is 0 Å². The predicted molar refractivity (Wildman–Crippen MR) is 88.8 cm³/mol. The molecule has 100 valence electrons. The fourth-order valence-corrected chi connectivity index (χ4v) is 4.39. The topological polar surface area (TPSA) is 46.2 Å². The van der Waals surface area contributed by atoms with Gasteiger partial charge in [-0.05, 0) is 81.3 Å². The highest BCUT2D eigenvalue weighted by molar-refractivity contribution is 14.1. The molecule has 0 fully saturated rings. The molecule has 0 aliphatic heterocycles. The molecule has 0 aromatic heterocycles. The monoisotopic (exact) mass is 451 g/mol. The van der Waals surface area contributed by atoms with Crippen LogP contribution >= 0.6 is 38.5 Å². The van der Waals surface area contributed by atoms with E-state index in [0.29, 0.717) is 10.2 Å². The number of nitrogens with one attached hydrogen (secondary N) is 1. The van der Waals surface area contributed by atoms with Gasteiger partial charge < -0.3 is 0 Å². The van der Waals surface area contributed by atoms with Gasteiger partial charge in [0.2, 0.25) is 0 Å². The molecule has 6 heteroatoms. The molecule has 0 amide bonds. The summed E-state index contributed by atoms with van der Waals surface area (Å²) in [5, 5.41) is 0. The summed E-state index contributed by atoms with van der Waals surface area (Å²) in [6.07, 6.45) is 0. The van der Waals surface area contributed by atoms with Crippen LogP contribution in [0.15, 0.2) is 51.8 Å². The van der Waals surface area contributed by atoms with Gasteiger partial charge in [-0.2, -0.15) is 0 Å².